The Kier molecular flexibility index (Phi) is 2.25. The van der Waals surface area contributed by atoms with Gasteiger partial charge in [-0.1, -0.05) is 13.8 Å². The van der Waals surface area contributed by atoms with E-state index in [1.165, 1.54) is 12.5 Å². The molecular weight excluding hydrogens is 142 g/mol. The molecule has 1 rings (SSSR count). The summed E-state index contributed by atoms with van der Waals surface area (Å²) in [5.74, 6) is -0.0356. The quantitative estimate of drug-likeness (QED) is 0.584. The highest BCUT2D eigenvalue weighted by Gasteiger charge is 2.10. The standard InChI is InChI=1S/C7H9N3O/c1-5(2)7(11)6-3-9-10-4-8-6/h3-5H,1-2H3. The third-order valence-electron chi connectivity index (χ3n) is 1.27. The van der Waals surface area contributed by atoms with Gasteiger partial charge >= 0.3 is 0 Å². The molecule has 0 aliphatic rings. The van der Waals surface area contributed by atoms with Crippen molar-refractivity contribution in [2.45, 2.75) is 13.8 Å². The van der Waals surface area contributed by atoms with E-state index in [0.717, 1.165) is 0 Å². The van der Waals surface area contributed by atoms with Crippen LogP contribution in [0.3, 0.4) is 0 Å². The van der Waals surface area contributed by atoms with Gasteiger partial charge in [0, 0.05) is 5.92 Å². The third kappa shape index (κ3) is 1.80. The maximum absolute atomic E-state index is 11.2. The maximum Gasteiger partial charge on any atom is 0.185 e. The monoisotopic (exact) mass is 151 g/mol. The Balaban J connectivity index is 2.86. The van der Waals surface area contributed by atoms with Crippen molar-refractivity contribution in [1.82, 2.24) is 15.2 Å². The number of hydrogen-bond acceptors (Lipinski definition) is 4. The zero-order valence-electron chi connectivity index (χ0n) is 6.48. The number of carbonyl (C=O) groups excluding carboxylic acids is 1. The van der Waals surface area contributed by atoms with Crippen molar-refractivity contribution in [3.63, 3.8) is 0 Å². The number of nitrogens with zero attached hydrogens (tertiary/aromatic N) is 3. The molecule has 0 saturated heterocycles. The second-order valence-corrected chi connectivity index (χ2v) is 2.51. The number of hydrogen-bond donors (Lipinski definition) is 0. The molecule has 0 fully saturated rings. The minimum Gasteiger partial charge on any atom is -0.292 e. The zero-order valence-corrected chi connectivity index (χ0v) is 6.48. The summed E-state index contributed by atoms with van der Waals surface area (Å²) in [4.78, 5) is 15.0. The average Bonchev–Trinajstić information content (AvgIpc) is 2.05. The number of aromatic nitrogens is 3. The lowest BCUT2D eigenvalue weighted by molar-refractivity contribution is 0.0933. The topological polar surface area (TPSA) is 55.7 Å². The molecule has 0 bridgehead atoms. The first-order valence-electron chi connectivity index (χ1n) is 3.38. The van der Waals surface area contributed by atoms with Crippen LogP contribution in [0.25, 0.3) is 0 Å². The van der Waals surface area contributed by atoms with E-state index in [1.54, 1.807) is 0 Å². The number of rotatable bonds is 2. The normalized spacial score (nSPS) is 10.1. The second kappa shape index (κ2) is 3.18. The van der Waals surface area contributed by atoms with E-state index in [2.05, 4.69) is 15.2 Å². The molecule has 0 aliphatic heterocycles. The van der Waals surface area contributed by atoms with Crippen LogP contribution in [0.4, 0.5) is 0 Å². The van der Waals surface area contributed by atoms with Gasteiger partial charge in [-0.2, -0.15) is 5.10 Å². The molecule has 0 unspecified atom stereocenters. The van der Waals surface area contributed by atoms with Gasteiger partial charge in [0.2, 0.25) is 0 Å². The highest BCUT2D eigenvalue weighted by molar-refractivity contribution is 5.95. The van der Waals surface area contributed by atoms with Gasteiger partial charge in [-0.3, -0.25) is 4.79 Å². The van der Waals surface area contributed by atoms with Crippen LogP contribution in [0.5, 0.6) is 0 Å². The first kappa shape index (κ1) is 7.78. The lowest BCUT2D eigenvalue weighted by Gasteiger charge is -1.99. The number of Topliss-reactive ketones (excluding diaryl/α,β-unsaturated/α-hetero) is 1. The summed E-state index contributed by atoms with van der Waals surface area (Å²) in [7, 11) is 0. The van der Waals surface area contributed by atoms with Crippen LogP contribution in [-0.2, 0) is 0 Å². The van der Waals surface area contributed by atoms with E-state index in [-0.39, 0.29) is 11.7 Å². The third-order valence-corrected chi connectivity index (χ3v) is 1.27. The number of carbonyl (C=O) groups is 1. The predicted molar refractivity (Wildman–Crippen MR) is 39.0 cm³/mol. The fourth-order valence-electron chi connectivity index (χ4n) is 0.662. The van der Waals surface area contributed by atoms with E-state index >= 15 is 0 Å². The fourth-order valence-corrected chi connectivity index (χ4v) is 0.662. The van der Waals surface area contributed by atoms with Gasteiger partial charge in [-0.15, -0.1) is 5.10 Å². The van der Waals surface area contributed by atoms with Gasteiger partial charge in [0.15, 0.2) is 5.78 Å². The zero-order chi connectivity index (χ0) is 8.27. The molecule has 1 aromatic heterocycles. The smallest absolute Gasteiger partial charge is 0.185 e. The van der Waals surface area contributed by atoms with Crippen molar-refractivity contribution in [3.8, 4) is 0 Å². The maximum atomic E-state index is 11.2. The Morgan fingerprint density at radius 1 is 1.45 bits per heavy atom. The van der Waals surface area contributed by atoms with E-state index < -0.39 is 0 Å². The first-order chi connectivity index (χ1) is 5.22. The summed E-state index contributed by atoms with van der Waals surface area (Å²) >= 11 is 0. The summed E-state index contributed by atoms with van der Waals surface area (Å²) in [5, 5.41) is 7.03. The molecular formula is C7H9N3O. The Bertz CT molecular complexity index is 245. The van der Waals surface area contributed by atoms with Crippen molar-refractivity contribution in [1.29, 1.82) is 0 Å². The van der Waals surface area contributed by atoms with E-state index in [1.807, 2.05) is 13.8 Å². The van der Waals surface area contributed by atoms with Crippen LogP contribution in [0, 0.1) is 5.92 Å². The molecule has 0 atom stereocenters. The van der Waals surface area contributed by atoms with Crippen molar-refractivity contribution in [2.75, 3.05) is 0 Å². The highest BCUT2D eigenvalue weighted by Crippen LogP contribution is 2.01. The van der Waals surface area contributed by atoms with Crippen LogP contribution in [0.15, 0.2) is 12.5 Å². The number of ketones is 1. The molecule has 0 N–H and O–H groups in total. The van der Waals surface area contributed by atoms with Gasteiger partial charge < -0.3 is 0 Å². The predicted octanol–water partition coefficient (Wildman–Crippen LogP) is 0.710. The van der Waals surface area contributed by atoms with E-state index in [4.69, 9.17) is 0 Å². The second-order valence-electron chi connectivity index (χ2n) is 2.51. The van der Waals surface area contributed by atoms with Crippen LogP contribution in [0.2, 0.25) is 0 Å². The Labute approximate surface area is 64.7 Å². The van der Waals surface area contributed by atoms with Crippen molar-refractivity contribution in [2.24, 2.45) is 5.92 Å². The fraction of sp³-hybridized carbons (Fsp3) is 0.429. The van der Waals surface area contributed by atoms with Gasteiger partial charge in [0.1, 0.15) is 12.0 Å². The van der Waals surface area contributed by atoms with E-state index in [9.17, 15) is 4.79 Å². The molecule has 0 spiro atoms. The molecule has 58 valence electrons. The summed E-state index contributed by atoms with van der Waals surface area (Å²) in [6.45, 7) is 3.65. The summed E-state index contributed by atoms with van der Waals surface area (Å²) < 4.78 is 0. The van der Waals surface area contributed by atoms with Crippen LogP contribution >= 0.6 is 0 Å². The Hall–Kier alpha value is -1.32. The van der Waals surface area contributed by atoms with Crippen molar-refractivity contribution in [3.05, 3.63) is 18.2 Å². The van der Waals surface area contributed by atoms with Crippen LogP contribution in [0.1, 0.15) is 24.3 Å². The lowest BCUT2D eigenvalue weighted by atomic mass is 10.1. The minimum atomic E-state index is -0.0355. The molecule has 4 nitrogen and oxygen atoms in total. The minimum absolute atomic E-state index is 0.0000926. The highest BCUT2D eigenvalue weighted by atomic mass is 16.1. The molecule has 0 aromatic carbocycles. The Morgan fingerprint density at radius 3 is 2.64 bits per heavy atom. The van der Waals surface area contributed by atoms with Crippen LogP contribution < -0.4 is 0 Å². The van der Waals surface area contributed by atoms with Crippen molar-refractivity contribution >= 4 is 5.78 Å². The van der Waals surface area contributed by atoms with Gasteiger partial charge in [-0.05, 0) is 0 Å². The molecule has 0 radical (unpaired) electrons. The average molecular weight is 151 g/mol. The van der Waals surface area contributed by atoms with Gasteiger partial charge in [-0.25, -0.2) is 4.98 Å². The Morgan fingerprint density at radius 2 is 2.18 bits per heavy atom. The summed E-state index contributed by atoms with van der Waals surface area (Å²) in [5.41, 5.74) is 0.384. The molecule has 4 heteroatoms. The molecule has 0 saturated carbocycles. The molecule has 1 heterocycles. The SMILES string of the molecule is CC(C)C(=O)c1cnncn1. The van der Waals surface area contributed by atoms with E-state index in [0.29, 0.717) is 5.69 Å². The van der Waals surface area contributed by atoms with Gasteiger partial charge in [0.25, 0.3) is 0 Å². The van der Waals surface area contributed by atoms with Crippen LogP contribution in [-0.4, -0.2) is 21.0 Å². The van der Waals surface area contributed by atoms with Crippen molar-refractivity contribution < 1.29 is 4.79 Å². The first-order valence-corrected chi connectivity index (χ1v) is 3.38. The summed E-state index contributed by atoms with van der Waals surface area (Å²) in [6, 6.07) is 0. The molecule has 11 heavy (non-hydrogen) atoms. The molecule has 0 amide bonds. The van der Waals surface area contributed by atoms with Gasteiger partial charge in [0.05, 0.1) is 6.20 Å². The molecule has 1 aromatic rings. The largest absolute Gasteiger partial charge is 0.292 e. The lowest BCUT2D eigenvalue weighted by Crippen LogP contribution is -2.09. The molecule has 0 aliphatic carbocycles. The summed E-state index contributed by atoms with van der Waals surface area (Å²) in [6.07, 6.45) is 2.65.